The van der Waals surface area contributed by atoms with Crippen LogP contribution in [-0.2, 0) is 4.74 Å². The van der Waals surface area contributed by atoms with E-state index in [2.05, 4.69) is 20.8 Å². The molecular weight excluding hydrogens is 406 g/mol. The number of esters is 1. The fraction of sp³-hybridized carbons (Fsp3) is 0.423. The Morgan fingerprint density at radius 3 is 2.34 bits per heavy atom. The van der Waals surface area contributed by atoms with Crippen LogP contribution in [0.2, 0.25) is 0 Å². The first-order chi connectivity index (χ1) is 15.3. The number of methoxy groups -OCH3 is 1. The van der Waals surface area contributed by atoms with Crippen molar-refractivity contribution >= 4 is 23.5 Å². The van der Waals surface area contributed by atoms with Gasteiger partial charge in [0.2, 0.25) is 0 Å². The quantitative estimate of drug-likeness (QED) is 0.482. The van der Waals surface area contributed by atoms with Crippen molar-refractivity contribution in [3.05, 3.63) is 59.2 Å². The Morgan fingerprint density at radius 2 is 1.69 bits per heavy atom. The predicted octanol–water partition coefficient (Wildman–Crippen LogP) is 5.11. The van der Waals surface area contributed by atoms with Gasteiger partial charge in [0.15, 0.2) is 0 Å². The van der Waals surface area contributed by atoms with Gasteiger partial charge in [-0.15, -0.1) is 0 Å². The summed E-state index contributed by atoms with van der Waals surface area (Å²) in [6, 6.07) is 11.3. The minimum Gasteiger partial charge on any atom is -0.497 e. The van der Waals surface area contributed by atoms with Gasteiger partial charge in [0.25, 0.3) is 11.8 Å². The van der Waals surface area contributed by atoms with Crippen molar-refractivity contribution in [2.75, 3.05) is 12.0 Å². The number of carbonyl (C=O) groups is 3. The number of anilines is 1. The van der Waals surface area contributed by atoms with E-state index in [-0.39, 0.29) is 17.2 Å². The number of fused-ring (bicyclic) bond motifs is 1. The van der Waals surface area contributed by atoms with E-state index in [1.807, 2.05) is 0 Å². The van der Waals surface area contributed by atoms with Crippen LogP contribution in [0.5, 0.6) is 5.75 Å². The highest BCUT2D eigenvalue weighted by atomic mass is 16.5. The van der Waals surface area contributed by atoms with Gasteiger partial charge in [-0.25, -0.2) is 9.69 Å². The Labute approximate surface area is 188 Å². The molecule has 6 heteroatoms. The van der Waals surface area contributed by atoms with Crippen LogP contribution in [0.25, 0.3) is 0 Å². The molecule has 2 aromatic carbocycles. The van der Waals surface area contributed by atoms with Gasteiger partial charge in [0.05, 0.1) is 29.5 Å². The highest BCUT2D eigenvalue weighted by Gasteiger charge is 2.38. The normalized spacial score (nSPS) is 22.8. The Morgan fingerprint density at radius 1 is 1.00 bits per heavy atom. The maximum absolute atomic E-state index is 13.0. The summed E-state index contributed by atoms with van der Waals surface area (Å²) in [5.74, 6) is 0.607. The van der Waals surface area contributed by atoms with E-state index in [0.717, 1.165) is 24.2 Å². The van der Waals surface area contributed by atoms with Crippen LogP contribution in [0.3, 0.4) is 0 Å². The van der Waals surface area contributed by atoms with Crippen molar-refractivity contribution in [2.45, 2.75) is 46.1 Å². The van der Waals surface area contributed by atoms with Gasteiger partial charge < -0.3 is 9.47 Å². The summed E-state index contributed by atoms with van der Waals surface area (Å²) in [5, 5.41) is 0. The van der Waals surface area contributed by atoms with Gasteiger partial charge in [-0.05, 0) is 73.1 Å². The standard InChI is InChI=1S/C26H29NO5/c1-15(2)20-11-5-16(3)13-23(20)32-26(30)17-6-12-21-22(14-17)25(29)27(24(21)28)18-7-9-19(31-4)10-8-18/h6-10,12,14-16,20,23H,5,11,13H2,1-4H3/t16-,20+,23+/m0/s1. The summed E-state index contributed by atoms with van der Waals surface area (Å²) in [6.45, 7) is 6.51. The number of carbonyl (C=O) groups excluding carboxylic acids is 3. The number of amides is 2. The van der Waals surface area contributed by atoms with E-state index in [4.69, 9.17) is 9.47 Å². The Kier molecular flexibility index (Phi) is 6.04. The van der Waals surface area contributed by atoms with Crippen LogP contribution < -0.4 is 9.64 Å². The van der Waals surface area contributed by atoms with Crippen LogP contribution >= 0.6 is 0 Å². The van der Waals surface area contributed by atoms with Crippen LogP contribution in [0, 0.1) is 17.8 Å². The van der Waals surface area contributed by atoms with Crippen molar-refractivity contribution in [1.82, 2.24) is 0 Å². The molecule has 1 fully saturated rings. The smallest absolute Gasteiger partial charge is 0.338 e. The molecule has 0 saturated heterocycles. The second-order valence-corrected chi connectivity index (χ2v) is 9.17. The molecule has 1 saturated carbocycles. The molecule has 3 atom stereocenters. The van der Waals surface area contributed by atoms with Gasteiger partial charge in [-0.2, -0.15) is 0 Å². The first-order valence-corrected chi connectivity index (χ1v) is 11.2. The molecule has 168 valence electrons. The monoisotopic (exact) mass is 435 g/mol. The minimum absolute atomic E-state index is 0.132. The van der Waals surface area contributed by atoms with Gasteiger partial charge in [-0.3, -0.25) is 9.59 Å². The third-order valence-corrected chi connectivity index (χ3v) is 6.67. The average molecular weight is 436 g/mol. The Hall–Kier alpha value is -3.15. The molecule has 2 amide bonds. The lowest BCUT2D eigenvalue weighted by molar-refractivity contribution is -0.0174. The van der Waals surface area contributed by atoms with Crippen molar-refractivity contribution in [2.24, 2.45) is 17.8 Å². The summed E-state index contributed by atoms with van der Waals surface area (Å²) in [5.41, 5.74) is 1.26. The lowest BCUT2D eigenvalue weighted by atomic mass is 9.75. The molecule has 0 spiro atoms. The molecule has 0 radical (unpaired) electrons. The lowest BCUT2D eigenvalue weighted by Crippen LogP contribution is -2.35. The number of nitrogens with zero attached hydrogens (tertiary/aromatic N) is 1. The third-order valence-electron chi connectivity index (χ3n) is 6.67. The average Bonchev–Trinajstić information content (AvgIpc) is 3.03. The second-order valence-electron chi connectivity index (χ2n) is 9.17. The number of ether oxygens (including phenoxy) is 2. The molecule has 1 aliphatic heterocycles. The van der Waals surface area contributed by atoms with Gasteiger partial charge in [0.1, 0.15) is 11.9 Å². The number of hydrogen-bond acceptors (Lipinski definition) is 5. The lowest BCUT2D eigenvalue weighted by Gasteiger charge is -2.36. The van der Waals surface area contributed by atoms with Crippen molar-refractivity contribution in [3.8, 4) is 5.75 Å². The van der Waals surface area contributed by atoms with E-state index < -0.39 is 17.8 Å². The van der Waals surface area contributed by atoms with Crippen LogP contribution in [0.4, 0.5) is 5.69 Å². The second kappa shape index (κ2) is 8.77. The highest BCUT2D eigenvalue weighted by Crippen LogP contribution is 2.36. The van der Waals surface area contributed by atoms with E-state index in [1.54, 1.807) is 43.5 Å². The van der Waals surface area contributed by atoms with Crippen molar-refractivity contribution < 1.29 is 23.9 Å². The highest BCUT2D eigenvalue weighted by molar-refractivity contribution is 6.34. The summed E-state index contributed by atoms with van der Waals surface area (Å²) in [7, 11) is 1.55. The summed E-state index contributed by atoms with van der Waals surface area (Å²) >= 11 is 0. The fourth-order valence-electron chi connectivity index (χ4n) is 4.79. The van der Waals surface area contributed by atoms with E-state index in [9.17, 15) is 14.4 Å². The first-order valence-electron chi connectivity index (χ1n) is 11.2. The van der Waals surface area contributed by atoms with Crippen LogP contribution in [-0.4, -0.2) is 31.0 Å². The molecule has 0 bridgehead atoms. The molecule has 6 nitrogen and oxygen atoms in total. The van der Waals surface area contributed by atoms with E-state index in [0.29, 0.717) is 34.8 Å². The molecule has 0 aromatic heterocycles. The summed E-state index contributed by atoms with van der Waals surface area (Å²) in [6.07, 6.45) is 2.91. The Balaban J connectivity index is 1.56. The first kappa shape index (κ1) is 22.1. The number of benzene rings is 2. The SMILES string of the molecule is COc1ccc(N2C(=O)c3ccc(C(=O)O[C@@H]4C[C@@H](C)CC[C@@H]4C(C)C)cc3C2=O)cc1. The molecule has 32 heavy (non-hydrogen) atoms. The van der Waals surface area contributed by atoms with E-state index >= 15 is 0 Å². The topological polar surface area (TPSA) is 72.9 Å². The molecule has 1 heterocycles. The number of hydrogen-bond donors (Lipinski definition) is 0. The number of rotatable bonds is 5. The van der Waals surface area contributed by atoms with E-state index in [1.165, 1.54) is 6.07 Å². The largest absolute Gasteiger partial charge is 0.497 e. The Bertz CT molecular complexity index is 1040. The van der Waals surface area contributed by atoms with Crippen LogP contribution in [0.1, 0.15) is 71.1 Å². The molecular formula is C26H29NO5. The maximum atomic E-state index is 13.0. The van der Waals surface area contributed by atoms with Crippen molar-refractivity contribution in [1.29, 1.82) is 0 Å². The summed E-state index contributed by atoms with van der Waals surface area (Å²) < 4.78 is 11.1. The molecule has 2 aliphatic rings. The molecule has 2 aromatic rings. The molecule has 0 N–H and O–H groups in total. The fourth-order valence-corrected chi connectivity index (χ4v) is 4.79. The van der Waals surface area contributed by atoms with Crippen molar-refractivity contribution in [3.63, 3.8) is 0 Å². The molecule has 4 rings (SSSR count). The third kappa shape index (κ3) is 4.01. The predicted molar refractivity (Wildman–Crippen MR) is 121 cm³/mol. The van der Waals surface area contributed by atoms with Gasteiger partial charge in [0, 0.05) is 0 Å². The number of imide groups is 1. The maximum Gasteiger partial charge on any atom is 0.338 e. The summed E-state index contributed by atoms with van der Waals surface area (Å²) in [4.78, 5) is 40.0. The van der Waals surface area contributed by atoms with Gasteiger partial charge in [-0.1, -0.05) is 27.2 Å². The molecule has 0 unspecified atom stereocenters. The minimum atomic E-state index is -0.448. The zero-order valence-electron chi connectivity index (χ0n) is 19.0. The molecule has 1 aliphatic carbocycles. The van der Waals surface area contributed by atoms with Gasteiger partial charge >= 0.3 is 5.97 Å². The zero-order valence-corrected chi connectivity index (χ0v) is 19.0. The zero-order chi connectivity index (χ0) is 23.0. The van der Waals surface area contributed by atoms with Crippen LogP contribution in [0.15, 0.2) is 42.5 Å².